The van der Waals surface area contributed by atoms with E-state index in [4.69, 9.17) is 5.73 Å². The Hall–Kier alpha value is -3.68. The van der Waals surface area contributed by atoms with Crippen molar-refractivity contribution in [2.24, 2.45) is 5.73 Å². The molecule has 1 aromatic heterocycles. The van der Waals surface area contributed by atoms with Crippen LogP contribution in [0.5, 0.6) is 0 Å². The third-order valence-corrected chi connectivity index (χ3v) is 5.26. The maximum atomic E-state index is 14.3. The van der Waals surface area contributed by atoms with E-state index in [0.717, 1.165) is 6.07 Å². The number of hydrogen-bond donors (Lipinski definition) is 1. The molecule has 3 aromatic rings. The number of rotatable bonds is 5. The molecule has 1 aliphatic rings. The zero-order valence-electron chi connectivity index (χ0n) is 15.8. The van der Waals surface area contributed by atoms with Gasteiger partial charge in [-0.2, -0.15) is 0 Å². The normalized spacial score (nSPS) is 16.0. The highest BCUT2D eigenvalue weighted by Crippen LogP contribution is 2.42. The van der Waals surface area contributed by atoms with E-state index in [9.17, 15) is 18.4 Å². The highest BCUT2D eigenvalue weighted by molar-refractivity contribution is 5.97. The van der Waals surface area contributed by atoms with Gasteiger partial charge in [0.05, 0.1) is 11.6 Å². The van der Waals surface area contributed by atoms with Crippen LogP contribution in [0.25, 0.3) is 0 Å². The largest absolute Gasteiger partial charge is 0.368 e. The molecule has 0 saturated heterocycles. The van der Waals surface area contributed by atoms with Crippen LogP contribution in [0.2, 0.25) is 0 Å². The predicted octanol–water partition coefficient (Wildman–Crippen LogP) is 3.11. The predicted molar refractivity (Wildman–Crippen MR) is 104 cm³/mol. The van der Waals surface area contributed by atoms with Crippen molar-refractivity contribution in [1.29, 1.82) is 0 Å². The van der Waals surface area contributed by atoms with E-state index in [2.05, 4.69) is 9.97 Å². The molecule has 4 rings (SSSR count). The van der Waals surface area contributed by atoms with Crippen LogP contribution in [0.15, 0.2) is 61.2 Å². The molecule has 0 unspecified atom stereocenters. The van der Waals surface area contributed by atoms with Crippen LogP contribution in [0.1, 0.15) is 45.6 Å². The number of fused-ring (bicyclic) bond motifs is 1. The van der Waals surface area contributed by atoms with Crippen LogP contribution in [0, 0.1) is 11.6 Å². The van der Waals surface area contributed by atoms with E-state index >= 15 is 0 Å². The maximum Gasteiger partial charge on any atom is 0.258 e. The quantitative estimate of drug-likeness (QED) is 0.703. The van der Waals surface area contributed by atoms with Crippen molar-refractivity contribution in [3.8, 4) is 0 Å². The van der Waals surface area contributed by atoms with Gasteiger partial charge in [0.25, 0.3) is 5.91 Å². The van der Waals surface area contributed by atoms with Crippen molar-refractivity contribution < 1.29 is 18.4 Å². The molecular formula is C22H18F2N4O2. The molecule has 0 aliphatic heterocycles. The Bertz CT molecular complexity index is 1090. The fraction of sp³-hybridized carbons (Fsp3) is 0.182. The number of amides is 2. The summed E-state index contributed by atoms with van der Waals surface area (Å²) in [6, 6.07) is 8.73. The number of primary amides is 1. The number of benzene rings is 2. The zero-order chi connectivity index (χ0) is 21.3. The van der Waals surface area contributed by atoms with Crippen LogP contribution < -0.4 is 5.73 Å². The molecule has 8 heteroatoms. The van der Waals surface area contributed by atoms with Gasteiger partial charge in [-0.3, -0.25) is 9.59 Å². The molecule has 30 heavy (non-hydrogen) atoms. The summed E-state index contributed by atoms with van der Waals surface area (Å²) in [5, 5.41) is 0. The molecule has 0 fully saturated rings. The summed E-state index contributed by atoms with van der Waals surface area (Å²) >= 11 is 0. The van der Waals surface area contributed by atoms with Crippen LogP contribution in [-0.2, 0) is 11.2 Å². The lowest BCUT2D eigenvalue weighted by Crippen LogP contribution is -2.43. The van der Waals surface area contributed by atoms with Gasteiger partial charge in [-0.05, 0) is 35.6 Å². The summed E-state index contributed by atoms with van der Waals surface area (Å²) in [5.41, 5.74) is 7.03. The Kier molecular flexibility index (Phi) is 5.22. The molecule has 0 bridgehead atoms. The Morgan fingerprint density at radius 2 is 1.80 bits per heavy atom. The minimum atomic E-state index is -1.14. The standard InChI is InChI=1S/C22H18F2N4O2/c23-15-8-17-16(18(24)9-15)6-7-19(17)28(22(30)14-10-26-12-27-11-14)20(21(25)29)13-4-2-1-3-5-13/h1-5,8-12,19-20H,6-7H2,(H2,25,29)/t19-,20-/m1/s1. The molecule has 0 spiro atoms. The minimum absolute atomic E-state index is 0.144. The summed E-state index contributed by atoms with van der Waals surface area (Å²) in [4.78, 5) is 35.0. The Morgan fingerprint density at radius 1 is 1.10 bits per heavy atom. The molecule has 1 heterocycles. The molecule has 2 atom stereocenters. The fourth-order valence-corrected chi connectivity index (χ4v) is 4.00. The maximum absolute atomic E-state index is 14.3. The summed E-state index contributed by atoms with van der Waals surface area (Å²) in [5.74, 6) is -2.72. The summed E-state index contributed by atoms with van der Waals surface area (Å²) in [6.07, 6.45) is 4.56. The van der Waals surface area contributed by atoms with Crippen LogP contribution >= 0.6 is 0 Å². The monoisotopic (exact) mass is 408 g/mol. The lowest BCUT2D eigenvalue weighted by atomic mass is 9.98. The third-order valence-electron chi connectivity index (χ3n) is 5.26. The molecule has 6 nitrogen and oxygen atoms in total. The lowest BCUT2D eigenvalue weighted by Gasteiger charge is -2.35. The van der Waals surface area contributed by atoms with E-state index in [1.54, 1.807) is 30.3 Å². The van der Waals surface area contributed by atoms with Gasteiger partial charge in [-0.1, -0.05) is 30.3 Å². The second kappa shape index (κ2) is 7.98. The van der Waals surface area contributed by atoms with Crippen LogP contribution in [0.4, 0.5) is 8.78 Å². The Labute approximate surface area is 171 Å². The molecule has 0 radical (unpaired) electrons. The number of carbonyl (C=O) groups excluding carboxylic acids is 2. The number of nitrogens with two attached hydrogens (primary N) is 1. The molecule has 152 valence electrons. The molecule has 2 N–H and O–H groups in total. The minimum Gasteiger partial charge on any atom is -0.368 e. The van der Waals surface area contributed by atoms with E-state index in [1.807, 2.05) is 0 Å². The van der Waals surface area contributed by atoms with Crippen molar-refractivity contribution in [2.75, 3.05) is 0 Å². The summed E-state index contributed by atoms with van der Waals surface area (Å²) in [7, 11) is 0. The molecule has 1 aliphatic carbocycles. The van der Waals surface area contributed by atoms with Crippen molar-refractivity contribution >= 4 is 11.8 Å². The molecular weight excluding hydrogens is 390 g/mol. The first-order valence-electron chi connectivity index (χ1n) is 9.37. The first-order valence-corrected chi connectivity index (χ1v) is 9.37. The number of carbonyl (C=O) groups is 2. The zero-order valence-corrected chi connectivity index (χ0v) is 15.8. The molecule has 0 saturated carbocycles. The fourth-order valence-electron chi connectivity index (χ4n) is 4.00. The molecule has 2 aromatic carbocycles. The van der Waals surface area contributed by atoms with Gasteiger partial charge in [0.2, 0.25) is 5.91 Å². The van der Waals surface area contributed by atoms with Gasteiger partial charge in [-0.15, -0.1) is 0 Å². The highest BCUT2D eigenvalue weighted by Gasteiger charge is 2.40. The van der Waals surface area contributed by atoms with Gasteiger partial charge in [0.15, 0.2) is 0 Å². The van der Waals surface area contributed by atoms with Gasteiger partial charge in [0.1, 0.15) is 24.0 Å². The van der Waals surface area contributed by atoms with Gasteiger partial charge in [-0.25, -0.2) is 18.7 Å². The van der Waals surface area contributed by atoms with E-state index in [0.29, 0.717) is 29.5 Å². The topological polar surface area (TPSA) is 89.2 Å². The first-order chi connectivity index (χ1) is 14.5. The van der Waals surface area contributed by atoms with Crippen molar-refractivity contribution in [3.05, 3.63) is 95.1 Å². The second-order valence-electron chi connectivity index (χ2n) is 7.07. The number of aromatic nitrogens is 2. The smallest absolute Gasteiger partial charge is 0.258 e. The average molecular weight is 408 g/mol. The van der Waals surface area contributed by atoms with Crippen molar-refractivity contribution in [2.45, 2.75) is 24.9 Å². The first kappa shape index (κ1) is 19.6. The van der Waals surface area contributed by atoms with Crippen LogP contribution in [0.3, 0.4) is 0 Å². The third kappa shape index (κ3) is 3.52. The SMILES string of the molecule is NC(=O)[C@@H](c1ccccc1)N(C(=O)c1cncnc1)[C@@H]1CCc2c(F)cc(F)cc21. The van der Waals surface area contributed by atoms with Gasteiger partial charge in [0, 0.05) is 18.5 Å². The van der Waals surface area contributed by atoms with E-state index in [1.165, 1.54) is 29.7 Å². The Balaban J connectivity index is 1.88. The number of nitrogens with zero attached hydrogens (tertiary/aromatic N) is 3. The highest BCUT2D eigenvalue weighted by atomic mass is 19.1. The van der Waals surface area contributed by atoms with Crippen molar-refractivity contribution in [1.82, 2.24) is 14.9 Å². The average Bonchev–Trinajstić information content (AvgIpc) is 3.16. The Morgan fingerprint density at radius 3 is 2.47 bits per heavy atom. The second-order valence-corrected chi connectivity index (χ2v) is 7.07. The molecule has 2 amide bonds. The van der Waals surface area contributed by atoms with E-state index < -0.39 is 35.5 Å². The number of hydrogen-bond acceptors (Lipinski definition) is 4. The van der Waals surface area contributed by atoms with E-state index in [-0.39, 0.29) is 5.56 Å². The lowest BCUT2D eigenvalue weighted by molar-refractivity contribution is -0.123. The summed E-state index contributed by atoms with van der Waals surface area (Å²) in [6.45, 7) is 0. The summed E-state index contributed by atoms with van der Waals surface area (Å²) < 4.78 is 28.4. The number of halogens is 2. The van der Waals surface area contributed by atoms with Gasteiger partial charge >= 0.3 is 0 Å². The van der Waals surface area contributed by atoms with Crippen LogP contribution in [-0.4, -0.2) is 26.7 Å². The van der Waals surface area contributed by atoms with Crippen molar-refractivity contribution in [3.63, 3.8) is 0 Å². The van der Waals surface area contributed by atoms with Gasteiger partial charge < -0.3 is 10.6 Å².